The fourth-order valence-electron chi connectivity index (χ4n) is 3.51. The van der Waals surface area contributed by atoms with Crippen molar-refractivity contribution >= 4 is 34.1 Å². The fraction of sp³-hybridized carbons (Fsp3) is 0.529. The summed E-state index contributed by atoms with van der Waals surface area (Å²) in [7, 11) is -3.32. The van der Waals surface area contributed by atoms with E-state index in [0.29, 0.717) is 31.4 Å². The minimum Gasteiger partial charge on any atom is -0.481 e. The molecule has 0 bridgehead atoms. The van der Waals surface area contributed by atoms with Crippen molar-refractivity contribution in [2.45, 2.75) is 42.2 Å². The standard InChI is InChI=1S/C17H21NO5S.ClH/c19-16(18-10-9-13(11-18)17(20)21)12-5-7-15(8-6-12)24(22,23)14-3-1-2-4-14;/h5-8,13-14H,1-4,9-11H2,(H,20,21);1H. The van der Waals surface area contributed by atoms with Gasteiger partial charge < -0.3 is 10.0 Å². The number of carbonyl (C=O) groups excluding carboxylic acids is 1. The molecule has 0 spiro atoms. The number of amides is 1. The highest BCUT2D eigenvalue weighted by Crippen LogP contribution is 2.30. The number of carboxylic acid groups (broad SMARTS) is 1. The van der Waals surface area contributed by atoms with Crippen molar-refractivity contribution < 1.29 is 23.1 Å². The quantitative estimate of drug-likeness (QED) is 0.856. The van der Waals surface area contributed by atoms with Crippen LogP contribution in [0.25, 0.3) is 0 Å². The van der Waals surface area contributed by atoms with Gasteiger partial charge in [0, 0.05) is 18.7 Å². The monoisotopic (exact) mass is 387 g/mol. The summed E-state index contributed by atoms with van der Waals surface area (Å²) in [5.41, 5.74) is 0.395. The van der Waals surface area contributed by atoms with Gasteiger partial charge in [0.2, 0.25) is 0 Å². The molecule has 25 heavy (non-hydrogen) atoms. The minimum atomic E-state index is -3.32. The molecule has 1 aromatic carbocycles. The molecular formula is C17H22ClNO5S. The van der Waals surface area contributed by atoms with Crippen LogP contribution in [0.3, 0.4) is 0 Å². The summed E-state index contributed by atoms with van der Waals surface area (Å²) in [6.45, 7) is 0.619. The Bertz CT molecular complexity index is 741. The Balaban J connectivity index is 0.00000225. The van der Waals surface area contributed by atoms with Gasteiger partial charge in [0.15, 0.2) is 9.84 Å². The Labute approximate surface area is 153 Å². The number of hydrogen-bond acceptors (Lipinski definition) is 4. The van der Waals surface area contributed by atoms with E-state index in [-0.39, 0.29) is 35.0 Å². The summed E-state index contributed by atoms with van der Waals surface area (Å²) in [4.78, 5) is 25.2. The lowest BCUT2D eigenvalue weighted by Gasteiger charge is -2.16. The number of likely N-dealkylation sites (tertiary alicyclic amines) is 1. The van der Waals surface area contributed by atoms with Gasteiger partial charge in [-0.05, 0) is 43.5 Å². The van der Waals surface area contributed by atoms with Gasteiger partial charge in [0.25, 0.3) is 5.91 Å². The van der Waals surface area contributed by atoms with E-state index >= 15 is 0 Å². The lowest BCUT2D eigenvalue weighted by atomic mass is 10.1. The molecule has 3 rings (SSSR count). The molecule has 1 N–H and O–H groups in total. The van der Waals surface area contributed by atoms with Crippen molar-refractivity contribution in [2.24, 2.45) is 5.92 Å². The molecule has 1 saturated heterocycles. The molecule has 0 aromatic heterocycles. The zero-order valence-electron chi connectivity index (χ0n) is 13.8. The van der Waals surface area contributed by atoms with Crippen molar-refractivity contribution in [3.05, 3.63) is 29.8 Å². The zero-order valence-corrected chi connectivity index (χ0v) is 15.4. The molecule has 1 unspecified atom stereocenters. The smallest absolute Gasteiger partial charge is 0.308 e. The van der Waals surface area contributed by atoms with Gasteiger partial charge in [-0.15, -0.1) is 12.4 Å². The molecule has 138 valence electrons. The average molecular weight is 388 g/mol. The second-order valence-electron chi connectivity index (χ2n) is 6.55. The van der Waals surface area contributed by atoms with Gasteiger partial charge in [-0.25, -0.2) is 8.42 Å². The lowest BCUT2D eigenvalue weighted by Crippen LogP contribution is -2.30. The Hall–Kier alpha value is -1.60. The van der Waals surface area contributed by atoms with E-state index in [9.17, 15) is 18.0 Å². The Kier molecular flexibility index (Phi) is 6.11. The predicted molar refractivity (Wildman–Crippen MR) is 94.8 cm³/mol. The molecule has 1 heterocycles. The number of nitrogens with zero attached hydrogens (tertiary/aromatic N) is 1. The number of aliphatic carboxylic acids is 1. The normalized spacial score (nSPS) is 21.1. The van der Waals surface area contributed by atoms with E-state index in [1.807, 2.05) is 0 Å². The van der Waals surface area contributed by atoms with Crippen LogP contribution in [0.4, 0.5) is 0 Å². The van der Waals surface area contributed by atoms with Gasteiger partial charge >= 0.3 is 5.97 Å². The first-order valence-electron chi connectivity index (χ1n) is 8.25. The fourth-order valence-corrected chi connectivity index (χ4v) is 5.36. The van der Waals surface area contributed by atoms with Gasteiger partial charge in [-0.3, -0.25) is 9.59 Å². The molecule has 1 saturated carbocycles. The van der Waals surface area contributed by atoms with Crippen LogP contribution in [-0.2, 0) is 14.6 Å². The molecule has 8 heteroatoms. The summed E-state index contributed by atoms with van der Waals surface area (Å²) in [5, 5.41) is 8.70. The highest BCUT2D eigenvalue weighted by molar-refractivity contribution is 7.92. The van der Waals surface area contributed by atoms with E-state index in [0.717, 1.165) is 12.8 Å². The molecule has 1 aromatic rings. The maximum Gasteiger partial charge on any atom is 0.308 e. The van der Waals surface area contributed by atoms with E-state index < -0.39 is 21.7 Å². The highest BCUT2D eigenvalue weighted by atomic mass is 35.5. The number of carboxylic acids is 1. The molecule has 2 aliphatic rings. The third-order valence-electron chi connectivity index (χ3n) is 5.00. The topological polar surface area (TPSA) is 91.8 Å². The maximum atomic E-state index is 12.5. The van der Waals surface area contributed by atoms with Crippen LogP contribution >= 0.6 is 12.4 Å². The highest BCUT2D eigenvalue weighted by Gasteiger charge is 2.32. The largest absolute Gasteiger partial charge is 0.481 e. The van der Waals surface area contributed by atoms with Gasteiger partial charge in [-0.2, -0.15) is 0 Å². The number of benzene rings is 1. The van der Waals surface area contributed by atoms with Gasteiger partial charge in [-0.1, -0.05) is 12.8 Å². The first-order chi connectivity index (χ1) is 11.4. The van der Waals surface area contributed by atoms with Gasteiger partial charge in [0.1, 0.15) is 0 Å². The first-order valence-corrected chi connectivity index (χ1v) is 9.80. The molecule has 6 nitrogen and oxygen atoms in total. The van der Waals surface area contributed by atoms with Crippen LogP contribution < -0.4 is 0 Å². The summed E-state index contributed by atoms with van der Waals surface area (Å²) in [6, 6.07) is 6.04. The second-order valence-corrected chi connectivity index (χ2v) is 8.78. The molecule has 1 atom stereocenters. The van der Waals surface area contributed by atoms with Crippen molar-refractivity contribution in [1.82, 2.24) is 4.90 Å². The summed E-state index contributed by atoms with van der Waals surface area (Å²) < 4.78 is 25.1. The predicted octanol–water partition coefficient (Wildman–Crippen LogP) is 2.37. The third kappa shape index (κ3) is 3.98. The molecule has 0 radical (unpaired) electrons. The molecule has 1 aliphatic heterocycles. The number of rotatable bonds is 4. The van der Waals surface area contributed by atoms with Crippen LogP contribution in [0, 0.1) is 5.92 Å². The van der Waals surface area contributed by atoms with Crippen molar-refractivity contribution in [2.75, 3.05) is 13.1 Å². The minimum absolute atomic E-state index is 0. The zero-order chi connectivity index (χ0) is 17.3. The molecule has 1 amide bonds. The van der Waals surface area contributed by atoms with Gasteiger partial charge in [0.05, 0.1) is 16.1 Å². The van der Waals surface area contributed by atoms with Crippen molar-refractivity contribution in [1.29, 1.82) is 0 Å². The SMILES string of the molecule is Cl.O=C(O)C1CCN(C(=O)c2ccc(S(=O)(=O)C3CCCC3)cc2)C1. The number of carbonyl (C=O) groups is 2. The molecule has 2 fully saturated rings. The Morgan fingerprint density at radius 2 is 1.64 bits per heavy atom. The van der Waals surface area contributed by atoms with E-state index in [2.05, 4.69) is 0 Å². The van der Waals surface area contributed by atoms with Crippen molar-refractivity contribution in [3.8, 4) is 0 Å². The summed E-state index contributed by atoms with van der Waals surface area (Å²) >= 11 is 0. The van der Waals surface area contributed by atoms with E-state index in [4.69, 9.17) is 5.11 Å². The molecule has 1 aliphatic carbocycles. The maximum absolute atomic E-state index is 12.5. The van der Waals surface area contributed by atoms with Crippen molar-refractivity contribution in [3.63, 3.8) is 0 Å². The van der Waals surface area contributed by atoms with E-state index in [1.54, 1.807) is 0 Å². The summed E-state index contributed by atoms with van der Waals surface area (Å²) in [6.07, 6.45) is 3.75. The van der Waals surface area contributed by atoms with Crippen LogP contribution in [0.1, 0.15) is 42.5 Å². The van der Waals surface area contributed by atoms with Crippen LogP contribution in [0.2, 0.25) is 0 Å². The van der Waals surface area contributed by atoms with E-state index in [1.165, 1.54) is 29.2 Å². The average Bonchev–Trinajstić information content (AvgIpc) is 3.26. The summed E-state index contributed by atoms with van der Waals surface area (Å²) in [5.74, 6) is -1.65. The van der Waals surface area contributed by atoms with Crippen LogP contribution in [-0.4, -0.2) is 48.6 Å². The lowest BCUT2D eigenvalue weighted by molar-refractivity contribution is -0.141. The Morgan fingerprint density at radius 3 is 2.16 bits per heavy atom. The number of sulfone groups is 1. The van der Waals surface area contributed by atoms with Crippen LogP contribution in [0.5, 0.6) is 0 Å². The number of hydrogen-bond donors (Lipinski definition) is 1. The Morgan fingerprint density at radius 1 is 1.04 bits per heavy atom. The number of halogens is 1. The second kappa shape index (κ2) is 7.74. The first kappa shape index (κ1) is 19.7. The third-order valence-corrected chi connectivity index (χ3v) is 7.27. The molecular weight excluding hydrogens is 366 g/mol. The van der Waals surface area contributed by atoms with Crippen LogP contribution in [0.15, 0.2) is 29.2 Å².